The van der Waals surface area contributed by atoms with Crippen LogP contribution in [0.5, 0.6) is 5.75 Å². The first-order valence-electron chi connectivity index (χ1n) is 7.25. The van der Waals surface area contributed by atoms with Gasteiger partial charge in [-0.05, 0) is 29.0 Å². The number of aromatic nitrogens is 2. The Balaban J connectivity index is 1.61. The Morgan fingerprint density at radius 3 is 2.43 bits per heavy atom. The molecule has 1 heterocycles. The Morgan fingerprint density at radius 1 is 1.00 bits per heavy atom. The van der Waals surface area contributed by atoms with Gasteiger partial charge in [0.2, 0.25) is 5.95 Å². The van der Waals surface area contributed by atoms with Crippen LogP contribution in [-0.4, -0.2) is 34.1 Å². The summed E-state index contributed by atoms with van der Waals surface area (Å²) in [6.07, 6.45) is 3.28. The third kappa shape index (κ3) is 3.55. The number of fused-ring (bicyclic) bond motifs is 1. The van der Waals surface area contributed by atoms with Crippen molar-refractivity contribution in [1.82, 2.24) is 15.3 Å². The summed E-state index contributed by atoms with van der Waals surface area (Å²) in [4.78, 5) is 20.2. The van der Waals surface area contributed by atoms with Crippen LogP contribution in [0.25, 0.3) is 10.8 Å². The van der Waals surface area contributed by atoms with Crippen molar-refractivity contribution in [3.8, 4) is 5.75 Å². The van der Waals surface area contributed by atoms with E-state index in [1.807, 2.05) is 24.3 Å². The van der Waals surface area contributed by atoms with Crippen LogP contribution in [0.15, 0.2) is 54.9 Å². The van der Waals surface area contributed by atoms with Crippen LogP contribution in [0.1, 0.15) is 10.4 Å². The Hall–Kier alpha value is -3.15. The highest BCUT2D eigenvalue weighted by Crippen LogP contribution is 2.24. The lowest BCUT2D eigenvalue weighted by Crippen LogP contribution is -2.29. The summed E-state index contributed by atoms with van der Waals surface area (Å²) in [5.41, 5.74) is 0.264. The largest absolute Gasteiger partial charge is 0.507 e. The highest BCUT2D eigenvalue weighted by Gasteiger charge is 2.11. The monoisotopic (exact) mass is 308 g/mol. The molecule has 116 valence electrons. The van der Waals surface area contributed by atoms with E-state index in [0.29, 0.717) is 19.0 Å². The SMILES string of the molecule is O=C(NCCNc1ncccn1)c1cc2ccccc2cc1O. The van der Waals surface area contributed by atoms with Crippen molar-refractivity contribution in [3.05, 3.63) is 60.4 Å². The summed E-state index contributed by atoms with van der Waals surface area (Å²) in [6, 6.07) is 12.6. The van der Waals surface area contributed by atoms with E-state index in [-0.39, 0.29) is 17.2 Å². The zero-order valence-electron chi connectivity index (χ0n) is 12.4. The lowest BCUT2D eigenvalue weighted by Gasteiger charge is -2.09. The molecule has 6 heteroatoms. The molecular weight excluding hydrogens is 292 g/mol. The van der Waals surface area contributed by atoms with Crippen LogP contribution in [0, 0.1) is 0 Å². The van der Waals surface area contributed by atoms with Crippen LogP contribution in [0.3, 0.4) is 0 Å². The van der Waals surface area contributed by atoms with E-state index in [2.05, 4.69) is 20.6 Å². The van der Waals surface area contributed by atoms with E-state index in [4.69, 9.17) is 0 Å². The molecule has 0 saturated heterocycles. The number of anilines is 1. The molecule has 23 heavy (non-hydrogen) atoms. The van der Waals surface area contributed by atoms with E-state index < -0.39 is 0 Å². The van der Waals surface area contributed by atoms with Crippen molar-refractivity contribution in [2.75, 3.05) is 18.4 Å². The van der Waals surface area contributed by atoms with Crippen LogP contribution in [0.4, 0.5) is 5.95 Å². The molecule has 0 atom stereocenters. The van der Waals surface area contributed by atoms with Crippen LogP contribution in [0.2, 0.25) is 0 Å². The van der Waals surface area contributed by atoms with Crippen molar-refractivity contribution in [2.45, 2.75) is 0 Å². The minimum Gasteiger partial charge on any atom is -0.507 e. The molecule has 0 saturated carbocycles. The van der Waals surface area contributed by atoms with Crippen LogP contribution < -0.4 is 10.6 Å². The fourth-order valence-corrected chi connectivity index (χ4v) is 2.25. The quantitative estimate of drug-likeness (QED) is 0.629. The van der Waals surface area contributed by atoms with Crippen molar-refractivity contribution in [1.29, 1.82) is 0 Å². The number of phenols is 1. The predicted molar refractivity (Wildman–Crippen MR) is 88.5 cm³/mol. The number of phenolic OH excluding ortho intramolecular Hbond substituents is 1. The van der Waals surface area contributed by atoms with E-state index >= 15 is 0 Å². The van der Waals surface area contributed by atoms with Crippen molar-refractivity contribution in [2.24, 2.45) is 0 Å². The van der Waals surface area contributed by atoms with Gasteiger partial charge in [0.1, 0.15) is 5.75 Å². The standard InChI is InChI=1S/C17H16N4O2/c22-15-11-13-5-2-1-4-12(13)10-14(15)16(23)18-8-9-21-17-19-6-3-7-20-17/h1-7,10-11,22H,8-9H2,(H,18,23)(H,19,20,21). The number of nitrogens with one attached hydrogen (secondary N) is 2. The summed E-state index contributed by atoms with van der Waals surface area (Å²) in [5, 5.41) is 17.6. The molecular formula is C17H16N4O2. The van der Waals surface area contributed by atoms with Gasteiger partial charge in [0.25, 0.3) is 5.91 Å². The zero-order chi connectivity index (χ0) is 16.1. The topological polar surface area (TPSA) is 87.1 Å². The van der Waals surface area contributed by atoms with Gasteiger partial charge in [-0.2, -0.15) is 0 Å². The summed E-state index contributed by atoms with van der Waals surface area (Å²) < 4.78 is 0. The second kappa shape index (κ2) is 6.74. The number of hydrogen-bond acceptors (Lipinski definition) is 5. The van der Waals surface area contributed by atoms with Gasteiger partial charge in [-0.1, -0.05) is 24.3 Å². The van der Waals surface area contributed by atoms with Gasteiger partial charge < -0.3 is 15.7 Å². The van der Waals surface area contributed by atoms with Crippen molar-refractivity contribution in [3.63, 3.8) is 0 Å². The fraction of sp³-hybridized carbons (Fsp3) is 0.118. The maximum absolute atomic E-state index is 12.2. The lowest BCUT2D eigenvalue weighted by atomic mass is 10.1. The van der Waals surface area contributed by atoms with E-state index in [1.54, 1.807) is 30.6 Å². The van der Waals surface area contributed by atoms with Crippen LogP contribution in [-0.2, 0) is 0 Å². The molecule has 0 spiro atoms. The fourth-order valence-electron chi connectivity index (χ4n) is 2.25. The van der Waals surface area contributed by atoms with Gasteiger partial charge in [-0.3, -0.25) is 4.79 Å². The van der Waals surface area contributed by atoms with Gasteiger partial charge in [-0.25, -0.2) is 9.97 Å². The maximum Gasteiger partial charge on any atom is 0.255 e. The molecule has 1 aromatic heterocycles. The van der Waals surface area contributed by atoms with Gasteiger partial charge in [0.15, 0.2) is 0 Å². The Kier molecular flexibility index (Phi) is 4.33. The number of carbonyl (C=O) groups is 1. The number of carbonyl (C=O) groups excluding carboxylic acids is 1. The second-order valence-corrected chi connectivity index (χ2v) is 4.97. The molecule has 3 aromatic rings. The van der Waals surface area contributed by atoms with Gasteiger partial charge >= 0.3 is 0 Å². The normalized spacial score (nSPS) is 10.4. The molecule has 0 bridgehead atoms. The van der Waals surface area contributed by atoms with E-state index in [1.165, 1.54) is 0 Å². The third-order valence-corrected chi connectivity index (χ3v) is 3.37. The summed E-state index contributed by atoms with van der Waals surface area (Å²) in [5.74, 6) is 0.167. The number of nitrogens with zero attached hydrogens (tertiary/aromatic N) is 2. The zero-order valence-corrected chi connectivity index (χ0v) is 12.4. The van der Waals surface area contributed by atoms with E-state index in [0.717, 1.165) is 10.8 Å². The molecule has 0 aliphatic rings. The first-order valence-corrected chi connectivity index (χ1v) is 7.25. The smallest absolute Gasteiger partial charge is 0.255 e. The average Bonchev–Trinajstić information content (AvgIpc) is 2.59. The first kappa shape index (κ1) is 14.8. The van der Waals surface area contributed by atoms with Crippen molar-refractivity contribution < 1.29 is 9.90 Å². The number of aromatic hydroxyl groups is 1. The molecule has 0 aliphatic carbocycles. The van der Waals surface area contributed by atoms with Gasteiger partial charge in [-0.15, -0.1) is 0 Å². The molecule has 0 unspecified atom stereocenters. The Bertz CT molecular complexity index is 821. The number of rotatable bonds is 5. The highest BCUT2D eigenvalue weighted by atomic mass is 16.3. The molecule has 1 amide bonds. The summed E-state index contributed by atoms with van der Waals surface area (Å²) in [7, 11) is 0. The summed E-state index contributed by atoms with van der Waals surface area (Å²) >= 11 is 0. The molecule has 3 rings (SSSR count). The van der Waals surface area contributed by atoms with Gasteiger partial charge in [0, 0.05) is 25.5 Å². The molecule has 6 nitrogen and oxygen atoms in total. The number of amides is 1. The lowest BCUT2D eigenvalue weighted by molar-refractivity contribution is 0.0952. The van der Waals surface area contributed by atoms with Gasteiger partial charge in [0.05, 0.1) is 5.56 Å². The van der Waals surface area contributed by atoms with Crippen LogP contribution >= 0.6 is 0 Å². The number of hydrogen-bond donors (Lipinski definition) is 3. The second-order valence-electron chi connectivity index (χ2n) is 4.97. The predicted octanol–water partition coefficient (Wildman–Crippen LogP) is 2.18. The summed E-state index contributed by atoms with van der Waals surface area (Å²) in [6.45, 7) is 0.882. The highest BCUT2D eigenvalue weighted by molar-refractivity contribution is 6.01. The minimum absolute atomic E-state index is 0.0273. The average molecular weight is 308 g/mol. The molecule has 3 N–H and O–H groups in total. The molecule has 2 aromatic carbocycles. The molecule has 0 aliphatic heterocycles. The third-order valence-electron chi connectivity index (χ3n) is 3.37. The maximum atomic E-state index is 12.2. The Morgan fingerprint density at radius 2 is 1.70 bits per heavy atom. The number of benzene rings is 2. The molecule has 0 radical (unpaired) electrons. The molecule has 0 fully saturated rings. The van der Waals surface area contributed by atoms with Crippen molar-refractivity contribution >= 4 is 22.6 Å². The minimum atomic E-state index is -0.316. The Labute approximate surface area is 133 Å². The van der Waals surface area contributed by atoms with E-state index in [9.17, 15) is 9.90 Å². The first-order chi connectivity index (χ1) is 11.2.